The molecule has 0 aliphatic rings. The summed E-state index contributed by atoms with van der Waals surface area (Å²) in [5.41, 5.74) is -0.911. The molecule has 176 valence electrons. The van der Waals surface area contributed by atoms with Gasteiger partial charge in [0.1, 0.15) is 17.1 Å². The molecule has 4 aromatic rings. The number of rotatable bonds is 5. The van der Waals surface area contributed by atoms with Gasteiger partial charge in [0.25, 0.3) is 5.56 Å². The number of ether oxygens (including phenoxy) is 1. The Balaban J connectivity index is 1.74. The number of aromatic nitrogens is 4. The molecule has 4 rings (SSSR count). The highest BCUT2D eigenvalue weighted by atomic mass is 19.4. The van der Waals surface area contributed by atoms with Crippen LogP contribution in [-0.2, 0) is 19.8 Å². The third-order valence-electron chi connectivity index (χ3n) is 5.27. The van der Waals surface area contributed by atoms with Gasteiger partial charge in [-0.3, -0.25) is 9.36 Å². The van der Waals surface area contributed by atoms with Crippen LogP contribution in [0, 0.1) is 12.7 Å². The Kier molecular flexibility index (Phi) is 5.86. The van der Waals surface area contributed by atoms with Crippen molar-refractivity contribution in [1.82, 2.24) is 19.3 Å². The summed E-state index contributed by atoms with van der Waals surface area (Å²) in [4.78, 5) is 24.5. The van der Waals surface area contributed by atoms with Crippen molar-refractivity contribution in [2.45, 2.75) is 19.6 Å². The first-order valence-electron chi connectivity index (χ1n) is 10.00. The summed E-state index contributed by atoms with van der Waals surface area (Å²) in [5, 5.41) is 5.98. The van der Waals surface area contributed by atoms with Gasteiger partial charge >= 0.3 is 11.9 Å². The Morgan fingerprint density at radius 1 is 1.03 bits per heavy atom. The standard InChI is InChI=1S/C23H18F4N4O3/c1-13-11-15(14-3-6-16(24)7-4-14)5-8-18(13)34-20-17(23(25,26)27)9-10-31(21(20)32)12-19-28-29-22(33)30(19)2/h3-11H,12H2,1-2H3,(H,29,33). The summed E-state index contributed by atoms with van der Waals surface area (Å²) in [6.07, 6.45) is -3.86. The van der Waals surface area contributed by atoms with Crippen molar-refractivity contribution in [2.75, 3.05) is 0 Å². The molecule has 0 unspecified atom stereocenters. The third-order valence-corrected chi connectivity index (χ3v) is 5.27. The molecule has 0 atom stereocenters. The summed E-state index contributed by atoms with van der Waals surface area (Å²) in [7, 11) is 1.42. The zero-order valence-electron chi connectivity index (χ0n) is 18.0. The van der Waals surface area contributed by atoms with E-state index in [1.54, 1.807) is 31.2 Å². The van der Waals surface area contributed by atoms with Crippen molar-refractivity contribution >= 4 is 0 Å². The molecule has 0 saturated heterocycles. The van der Waals surface area contributed by atoms with E-state index in [0.717, 1.165) is 21.4 Å². The molecule has 0 fully saturated rings. The van der Waals surface area contributed by atoms with E-state index in [4.69, 9.17) is 4.74 Å². The van der Waals surface area contributed by atoms with E-state index in [0.29, 0.717) is 16.7 Å². The number of aryl methyl sites for hydroxylation is 1. The lowest BCUT2D eigenvalue weighted by atomic mass is 10.0. The first-order chi connectivity index (χ1) is 16.0. The van der Waals surface area contributed by atoms with E-state index in [1.165, 1.54) is 25.2 Å². The molecule has 7 nitrogen and oxygen atoms in total. The summed E-state index contributed by atoms with van der Waals surface area (Å²) >= 11 is 0. The largest absolute Gasteiger partial charge is 0.451 e. The number of hydrogen-bond acceptors (Lipinski definition) is 4. The Bertz CT molecular complexity index is 1470. The van der Waals surface area contributed by atoms with Crippen LogP contribution in [0.25, 0.3) is 11.1 Å². The number of aromatic amines is 1. The average Bonchev–Trinajstić information content (AvgIpc) is 3.09. The number of H-pyrrole nitrogens is 1. The fourth-order valence-corrected chi connectivity index (χ4v) is 3.37. The molecule has 0 aliphatic carbocycles. The molecule has 2 heterocycles. The van der Waals surface area contributed by atoms with E-state index in [9.17, 15) is 27.2 Å². The molecule has 2 aromatic carbocycles. The van der Waals surface area contributed by atoms with Gasteiger partial charge < -0.3 is 9.30 Å². The summed E-state index contributed by atoms with van der Waals surface area (Å²) in [5.74, 6) is -1.08. The van der Waals surface area contributed by atoms with E-state index in [2.05, 4.69) is 10.2 Å². The zero-order valence-corrected chi connectivity index (χ0v) is 18.0. The first-order valence-corrected chi connectivity index (χ1v) is 10.00. The van der Waals surface area contributed by atoms with Crippen molar-refractivity contribution in [3.63, 3.8) is 0 Å². The van der Waals surface area contributed by atoms with Gasteiger partial charge in [-0.25, -0.2) is 14.3 Å². The fourth-order valence-electron chi connectivity index (χ4n) is 3.37. The highest BCUT2D eigenvalue weighted by Crippen LogP contribution is 2.37. The molecule has 2 aromatic heterocycles. The molecule has 0 radical (unpaired) electrons. The number of hydrogen-bond donors (Lipinski definition) is 1. The molecule has 11 heteroatoms. The zero-order chi connectivity index (χ0) is 24.6. The SMILES string of the molecule is Cc1cc(-c2ccc(F)cc2)ccc1Oc1c(C(F)(F)F)ccn(Cc2n[nH]c(=O)n2C)c1=O. The van der Waals surface area contributed by atoms with Crippen LogP contribution < -0.4 is 16.0 Å². The van der Waals surface area contributed by atoms with Crippen LogP contribution in [-0.4, -0.2) is 19.3 Å². The number of alkyl halides is 3. The number of benzene rings is 2. The summed E-state index contributed by atoms with van der Waals surface area (Å²) < 4.78 is 61.8. The van der Waals surface area contributed by atoms with E-state index in [1.807, 2.05) is 0 Å². The minimum Gasteiger partial charge on any atom is -0.451 e. The fraction of sp³-hybridized carbons (Fsp3) is 0.174. The number of nitrogens with zero attached hydrogens (tertiary/aromatic N) is 3. The average molecular weight is 474 g/mol. The number of nitrogens with one attached hydrogen (secondary N) is 1. The number of halogens is 4. The van der Waals surface area contributed by atoms with Crippen molar-refractivity contribution in [2.24, 2.45) is 7.05 Å². The predicted octanol–water partition coefficient (Wildman–Crippen LogP) is 4.24. The molecular weight excluding hydrogens is 456 g/mol. The second-order valence-electron chi connectivity index (χ2n) is 7.58. The first kappa shape index (κ1) is 23.0. The maximum absolute atomic E-state index is 13.7. The van der Waals surface area contributed by atoms with Gasteiger partial charge in [-0.05, 0) is 53.9 Å². The maximum atomic E-state index is 13.7. The van der Waals surface area contributed by atoms with Crippen LogP contribution in [0.1, 0.15) is 17.0 Å². The molecule has 0 bridgehead atoms. The lowest BCUT2D eigenvalue weighted by Gasteiger charge is -2.17. The molecule has 34 heavy (non-hydrogen) atoms. The van der Waals surface area contributed by atoms with Crippen molar-refractivity contribution < 1.29 is 22.3 Å². The Hall–Kier alpha value is -4.15. The normalized spacial score (nSPS) is 11.6. The van der Waals surface area contributed by atoms with Gasteiger partial charge in [0.05, 0.1) is 6.54 Å². The second kappa shape index (κ2) is 8.65. The maximum Gasteiger partial charge on any atom is 0.420 e. The van der Waals surface area contributed by atoms with Crippen LogP contribution in [0.4, 0.5) is 17.6 Å². The van der Waals surface area contributed by atoms with Gasteiger partial charge in [-0.15, -0.1) is 0 Å². The Morgan fingerprint density at radius 2 is 1.71 bits per heavy atom. The van der Waals surface area contributed by atoms with Crippen LogP contribution >= 0.6 is 0 Å². The Morgan fingerprint density at radius 3 is 2.29 bits per heavy atom. The van der Waals surface area contributed by atoms with Gasteiger partial charge in [0.2, 0.25) is 5.75 Å². The van der Waals surface area contributed by atoms with E-state index < -0.39 is 34.6 Å². The summed E-state index contributed by atoms with van der Waals surface area (Å²) in [6.45, 7) is 1.38. The smallest absolute Gasteiger partial charge is 0.420 e. The van der Waals surface area contributed by atoms with Gasteiger partial charge in [-0.2, -0.15) is 18.3 Å². The van der Waals surface area contributed by atoms with Crippen molar-refractivity contribution in [3.8, 4) is 22.6 Å². The van der Waals surface area contributed by atoms with E-state index in [-0.39, 0.29) is 18.1 Å². The van der Waals surface area contributed by atoms with E-state index >= 15 is 0 Å². The molecule has 0 aliphatic heterocycles. The molecular formula is C23H18F4N4O3. The van der Waals surface area contributed by atoms with Crippen LogP contribution in [0.5, 0.6) is 11.5 Å². The lowest BCUT2D eigenvalue weighted by Crippen LogP contribution is -2.26. The van der Waals surface area contributed by atoms with Crippen LogP contribution in [0.3, 0.4) is 0 Å². The Labute approximate surface area is 189 Å². The molecule has 1 N–H and O–H groups in total. The second-order valence-corrected chi connectivity index (χ2v) is 7.58. The minimum absolute atomic E-state index is 0.0541. The van der Waals surface area contributed by atoms with Gasteiger partial charge in [-0.1, -0.05) is 18.2 Å². The van der Waals surface area contributed by atoms with Gasteiger partial charge in [0, 0.05) is 13.2 Å². The predicted molar refractivity (Wildman–Crippen MR) is 115 cm³/mol. The topological polar surface area (TPSA) is 81.9 Å². The number of pyridine rings is 1. The highest BCUT2D eigenvalue weighted by Gasteiger charge is 2.36. The lowest BCUT2D eigenvalue weighted by molar-refractivity contribution is -0.138. The monoisotopic (exact) mass is 474 g/mol. The van der Waals surface area contributed by atoms with Crippen LogP contribution in [0.15, 0.2) is 64.3 Å². The molecule has 0 saturated carbocycles. The van der Waals surface area contributed by atoms with Gasteiger partial charge in [0.15, 0.2) is 5.82 Å². The molecule has 0 amide bonds. The summed E-state index contributed by atoms with van der Waals surface area (Å²) in [6, 6.07) is 11.2. The highest BCUT2D eigenvalue weighted by molar-refractivity contribution is 5.65. The van der Waals surface area contributed by atoms with Crippen molar-refractivity contribution in [1.29, 1.82) is 0 Å². The minimum atomic E-state index is -4.84. The van der Waals surface area contributed by atoms with Crippen LogP contribution in [0.2, 0.25) is 0 Å². The quantitative estimate of drug-likeness (QED) is 0.439. The molecule has 0 spiro atoms. The third kappa shape index (κ3) is 4.49. The van der Waals surface area contributed by atoms with Crippen molar-refractivity contribution in [3.05, 3.63) is 98.3 Å².